The third kappa shape index (κ3) is 5.79. The molecular weight excluding hydrogens is 456 g/mol. The van der Waals surface area contributed by atoms with Crippen LogP contribution in [0.25, 0.3) is 0 Å². The van der Waals surface area contributed by atoms with Crippen LogP contribution < -0.4 is 5.32 Å². The van der Waals surface area contributed by atoms with Crippen LogP contribution in [0.1, 0.15) is 44.1 Å². The van der Waals surface area contributed by atoms with Gasteiger partial charge in [-0.25, -0.2) is 4.39 Å². The van der Waals surface area contributed by atoms with Gasteiger partial charge in [0, 0.05) is 45.1 Å². The van der Waals surface area contributed by atoms with Crippen LogP contribution in [-0.4, -0.2) is 51.3 Å². The lowest BCUT2D eigenvalue weighted by Crippen LogP contribution is -2.48. The van der Waals surface area contributed by atoms with E-state index < -0.39 is 0 Å². The molecule has 1 aromatic rings. The molecule has 0 spiro atoms. The van der Waals surface area contributed by atoms with Crippen LogP contribution in [0.15, 0.2) is 29.3 Å². The normalized spacial score (nSPS) is 22.2. The molecule has 1 heterocycles. The average molecular weight is 489 g/mol. The van der Waals surface area contributed by atoms with Gasteiger partial charge in [0.25, 0.3) is 0 Å². The molecular formula is C21H33FIN3O. The largest absolute Gasteiger partial charge is 0.381 e. The van der Waals surface area contributed by atoms with Crippen molar-refractivity contribution >= 4 is 29.9 Å². The molecule has 1 aliphatic heterocycles. The van der Waals surface area contributed by atoms with Crippen molar-refractivity contribution in [3.63, 3.8) is 0 Å². The maximum atomic E-state index is 13.8. The second kappa shape index (κ2) is 10.6. The van der Waals surface area contributed by atoms with Crippen LogP contribution in [0.3, 0.4) is 0 Å². The first-order valence-corrected chi connectivity index (χ1v) is 9.88. The van der Waals surface area contributed by atoms with Crippen LogP contribution in [0, 0.1) is 11.7 Å². The molecule has 4 nitrogen and oxygen atoms in total. The standard InChI is InChI=1S/C21H32FN3O.HI/c1-23-20(25(2)14-17-9-12-26-15-17)24-16-21(10-4-3-5-11-21)18-7-6-8-19(22)13-18;/h6-8,13,17H,3-5,9-12,14-16H2,1-2H3,(H,23,24);1H. The molecule has 152 valence electrons. The Bertz CT molecular complexity index is 613. The van der Waals surface area contributed by atoms with E-state index in [0.29, 0.717) is 5.92 Å². The van der Waals surface area contributed by atoms with Crippen LogP contribution in [0.4, 0.5) is 4.39 Å². The molecule has 0 amide bonds. The van der Waals surface area contributed by atoms with Crippen molar-refractivity contribution in [2.24, 2.45) is 10.9 Å². The topological polar surface area (TPSA) is 36.9 Å². The maximum absolute atomic E-state index is 13.8. The molecule has 6 heteroatoms. The quantitative estimate of drug-likeness (QED) is 0.383. The van der Waals surface area contributed by atoms with Crippen molar-refractivity contribution in [3.05, 3.63) is 35.6 Å². The van der Waals surface area contributed by atoms with Crippen molar-refractivity contribution in [3.8, 4) is 0 Å². The molecule has 1 saturated heterocycles. The SMILES string of the molecule is CN=C(NCC1(c2cccc(F)c2)CCCCC1)N(C)CC1CCOC1.I. The number of nitrogens with zero attached hydrogens (tertiary/aromatic N) is 2. The van der Waals surface area contributed by atoms with Crippen LogP contribution >= 0.6 is 24.0 Å². The van der Waals surface area contributed by atoms with E-state index in [4.69, 9.17) is 4.74 Å². The van der Waals surface area contributed by atoms with Gasteiger partial charge in [0.1, 0.15) is 5.82 Å². The molecule has 1 unspecified atom stereocenters. The molecule has 1 saturated carbocycles. The lowest BCUT2D eigenvalue weighted by atomic mass is 9.69. The summed E-state index contributed by atoms with van der Waals surface area (Å²) in [4.78, 5) is 6.67. The van der Waals surface area contributed by atoms with Gasteiger partial charge in [-0.1, -0.05) is 31.4 Å². The van der Waals surface area contributed by atoms with E-state index in [2.05, 4.69) is 28.3 Å². The Balaban J connectivity index is 0.00000261. The smallest absolute Gasteiger partial charge is 0.193 e. The predicted molar refractivity (Wildman–Crippen MR) is 119 cm³/mol. The highest BCUT2D eigenvalue weighted by Crippen LogP contribution is 2.39. The zero-order chi connectivity index (χ0) is 18.4. The molecule has 1 N–H and O–H groups in total. The summed E-state index contributed by atoms with van der Waals surface area (Å²) in [6.07, 6.45) is 6.99. The van der Waals surface area contributed by atoms with Crippen molar-refractivity contribution in [1.29, 1.82) is 0 Å². The van der Waals surface area contributed by atoms with Gasteiger partial charge in [-0.05, 0) is 37.0 Å². The fraction of sp³-hybridized carbons (Fsp3) is 0.667. The fourth-order valence-electron chi connectivity index (χ4n) is 4.45. The second-order valence-corrected chi connectivity index (χ2v) is 7.86. The van der Waals surface area contributed by atoms with Gasteiger partial charge in [-0.15, -0.1) is 24.0 Å². The number of aliphatic imine (C=N–C) groups is 1. The van der Waals surface area contributed by atoms with E-state index in [0.717, 1.165) is 57.1 Å². The Kier molecular flexibility index (Phi) is 8.79. The Morgan fingerprint density at radius 2 is 2.11 bits per heavy atom. The number of halogens is 2. The summed E-state index contributed by atoms with van der Waals surface area (Å²) in [7, 11) is 3.92. The van der Waals surface area contributed by atoms with Crippen LogP contribution in [0.2, 0.25) is 0 Å². The second-order valence-electron chi connectivity index (χ2n) is 7.86. The molecule has 1 aromatic carbocycles. The highest BCUT2D eigenvalue weighted by Gasteiger charge is 2.34. The minimum absolute atomic E-state index is 0. The van der Waals surface area contributed by atoms with Crippen molar-refractivity contribution in [2.45, 2.75) is 43.9 Å². The van der Waals surface area contributed by atoms with Gasteiger partial charge in [-0.3, -0.25) is 4.99 Å². The molecule has 2 fully saturated rings. The van der Waals surface area contributed by atoms with Gasteiger partial charge in [0.05, 0.1) is 6.61 Å². The molecule has 0 bridgehead atoms. The zero-order valence-electron chi connectivity index (χ0n) is 16.5. The lowest BCUT2D eigenvalue weighted by molar-refractivity contribution is 0.181. The Morgan fingerprint density at radius 1 is 1.33 bits per heavy atom. The summed E-state index contributed by atoms with van der Waals surface area (Å²) in [5, 5.41) is 3.58. The van der Waals surface area contributed by atoms with Crippen molar-refractivity contribution in [2.75, 3.05) is 40.4 Å². The summed E-state index contributed by atoms with van der Waals surface area (Å²) in [6, 6.07) is 7.17. The lowest BCUT2D eigenvalue weighted by Gasteiger charge is -2.39. The summed E-state index contributed by atoms with van der Waals surface area (Å²) in [6.45, 7) is 3.46. The number of benzene rings is 1. The van der Waals surface area contributed by atoms with E-state index in [9.17, 15) is 4.39 Å². The van der Waals surface area contributed by atoms with E-state index in [-0.39, 0.29) is 35.2 Å². The van der Waals surface area contributed by atoms with Gasteiger partial charge in [-0.2, -0.15) is 0 Å². The monoisotopic (exact) mass is 489 g/mol. The molecule has 3 rings (SSSR count). The number of hydrogen-bond donors (Lipinski definition) is 1. The summed E-state index contributed by atoms with van der Waals surface area (Å²) in [5.41, 5.74) is 1.11. The first-order valence-electron chi connectivity index (χ1n) is 9.88. The van der Waals surface area contributed by atoms with Crippen LogP contribution in [-0.2, 0) is 10.2 Å². The minimum atomic E-state index is -0.143. The third-order valence-corrected chi connectivity index (χ3v) is 5.96. The number of nitrogens with one attached hydrogen (secondary N) is 1. The van der Waals surface area contributed by atoms with Crippen LogP contribution in [0.5, 0.6) is 0 Å². The van der Waals surface area contributed by atoms with E-state index >= 15 is 0 Å². The molecule has 1 atom stereocenters. The van der Waals surface area contributed by atoms with Gasteiger partial charge in [0.2, 0.25) is 0 Å². The number of rotatable bonds is 5. The molecule has 27 heavy (non-hydrogen) atoms. The molecule has 2 aliphatic rings. The Morgan fingerprint density at radius 3 is 2.74 bits per heavy atom. The molecule has 1 aliphatic carbocycles. The average Bonchev–Trinajstić information content (AvgIpc) is 3.16. The van der Waals surface area contributed by atoms with E-state index in [1.54, 1.807) is 6.07 Å². The third-order valence-electron chi connectivity index (χ3n) is 5.96. The molecule has 0 radical (unpaired) electrons. The van der Waals surface area contributed by atoms with Gasteiger partial charge >= 0.3 is 0 Å². The van der Waals surface area contributed by atoms with Gasteiger partial charge < -0.3 is 15.0 Å². The highest BCUT2D eigenvalue weighted by molar-refractivity contribution is 14.0. The summed E-state index contributed by atoms with van der Waals surface area (Å²) >= 11 is 0. The summed E-state index contributed by atoms with van der Waals surface area (Å²) in [5.74, 6) is 1.35. The van der Waals surface area contributed by atoms with E-state index in [1.165, 1.54) is 25.3 Å². The van der Waals surface area contributed by atoms with Crippen molar-refractivity contribution < 1.29 is 9.13 Å². The Hall–Kier alpha value is -0.890. The minimum Gasteiger partial charge on any atom is -0.381 e. The van der Waals surface area contributed by atoms with Gasteiger partial charge in [0.15, 0.2) is 5.96 Å². The van der Waals surface area contributed by atoms with E-state index in [1.807, 2.05) is 13.1 Å². The first-order chi connectivity index (χ1) is 12.6. The number of ether oxygens (including phenoxy) is 1. The predicted octanol–water partition coefficient (Wildman–Crippen LogP) is 4.19. The maximum Gasteiger partial charge on any atom is 0.193 e. The zero-order valence-corrected chi connectivity index (χ0v) is 18.9. The Labute approximate surface area is 180 Å². The highest BCUT2D eigenvalue weighted by atomic mass is 127. The number of guanidine groups is 1. The first kappa shape index (κ1) is 22.4. The number of hydrogen-bond acceptors (Lipinski definition) is 2. The van der Waals surface area contributed by atoms with Crippen molar-refractivity contribution in [1.82, 2.24) is 10.2 Å². The summed E-state index contributed by atoms with van der Waals surface area (Å²) < 4.78 is 19.3. The molecule has 0 aromatic heterocycles. The fourth-order valence-corrected chi connectivity index (χ4v) is 4.45.